The van der Waals surface area contributed by atoms with Crippen LogP contribution in [0.2, 0.25) is 5.02 Å². The van der Waals surface area contributed by atoms with Gasteiger partial charge in [-0.15, -0.1) is 11.3 Å². The van der Waals surface area contributed by atoms with Crippen LogP contribution in [0.3, 0.4) is 0 Å². The van der Waals surface area contributed by atoms with Crippen LogP contribution in [0.1, 0.15) is 27.4 Å². The normalized spacial score (nSPS) is 11.8. The van der Waals surface area contributed by atoms with E-state index in [4.69, 9.17) is 11.6 Å². The summed E-state index contributed by atoms with van der Waals surface area (Å²) in [6.45, 7) is 2.23. The summed E-state index contributed by atoms with van der Waals surface area (Å²) in [6.07, 6.45) is 1.41. The number of thiophene rings is 1. The summed E-state index contributed by atoms with van der Waals surface area (Å²) >= 11 is 8.25. The molecule has 0 saturated carbocycles. The number of sulfonamides is 1. The zero-order valence-corrected chi connectivity index (χ0v) is 22.0. The van der Waals surface area contributed by atoms with Gasteiger partial charge in [0.2, 0.25) is 0 Å². The van der Waals surface area contributed by atoms with Gasteiger partial charge < -0.3 is 4.57 Å². The minimum atomic E-state index is -4.02. The number of fused-ring (bicyclic) bond motifs is 1. The van der Waals surface area contributed by atoms with Gasteiger partial charge in [-0.25, -0.2) is 23.1 Å². The summed E-state index contributed by atoms with van der Waals surface area (Å²) in [5, 5.41) is 3.58. The topological polar surface area (TPSA) is 93.9 Å². The number of carbonyl (C=O) groups is 1. The molecule has 3 heterocycles. The average Bonchev–Trinajstić information content (AvgIpc) is 3.52. The van der Waals surface area contributed by atoms with Crippen LogP contribution in [-0.4, -0.2) is 28.9 Å². The van der Waals surface area contributed by atoms with E-state index < -0.39 is 15.9 Å². The lowest BCUT2D eigenvalue weighted by Gasteiger charge is -2.10. The molecule has 10 heteroatoms. The first-order chi connectivity index (χ1) is 17.8. The van der Waals surface area contributed by atoms with E-state index in [1.165, 1.54) is 12.1 Å². The summed E-state index contributed by atoms with van der Waals surface area (Å²) < 4.78 is 28.8. The second kappa shape index (κ2) is 10.3. The van der Waals surface area contributed by atoms with Crippen molar-refractivity contribution in [2.75, 3.05) is 0 Å². The fourth-order valence-corrected chi connectivity index (χ4v) is 5.55. The molecule has 0 radical (unpaired) electrons. The molecule has 186 valence electrons. The van der Waals surface area contributed by atoms with E-state index in [1.807, 2.05) is 58.0 Å². The van der Waals surface area contributed by atoms with E-state index in [1.54, 1.807) is 41.7 Å². The number of nitrogens with zero attached hydrogens (tertiary/aromatic N) is 3. The van der Waals surface area contributed by atoms with E-state index >= 15 is 0 Å². The molecule has 37 heavy (non-hydrogen) atoms. The number of imidazole rings is 1. The summed E-state index contributed by atoms with van der Waals surface area (Å²) in [5.41, 5.74) is 3.61. The minimum absolute atomic E-state index is 0.0375. The molecule has 1 amide bonds. The fraction of sp³-hybridized carbons (Fsp3) is 0.0741. The molecule has 0 aliphatic carbocycles. The summed E-state index contributed by atoms with van der Waals surface area (Å²) in [7, 11) is -4.02. The molecule has 0 bridgehead atoms. The number of rotatable bonds is 7. The number of benzene rings is 2. The Morgan fingerprint density at radius 1 is 1.05 bits per heavy atom. The van der Waals surface area contributed by atoms with E-state index in [0.717, 1.165) is 21.4 Å². The average molecular weight is 549 g/mol. The van der Waals surface area contributed by atoms with Gasteiger partial charge in [0.1, 0.15) is 17.0 Å². The Bertz CT molecular complexity index is 1730. The van der Waals surface area contributed by atoms with Gasteiger partial charge in [-0.3, -0.25) is 4.79 Å². The number of nitrogens with one attached hydrogen (secondary N) is 1. The smallest absolute Gasteiger partial charge is 0.283 e. The van der Waals surface area contributed by atoms with Crippen molar-refractivity contribution in [3.05, 3.63) is 111 Å². The van der Waals surface area contributed by atoms with E-state index in [0.29, 0.717) is 34.1 Å². The molecule has 0 fully saturated rings. The quantitative estimate of drug-likeness (QED) is 0.273. The summed E-state index contributed by atoms with van der Waals surface area (Å²) in [6, 6.07) is 22.0. The van der Waals surface area contributed by atoms with Gasteiger partial charge in [0, 0.05) is 9.90 Å². The molecule has 0 spiro atoms. The van der Waals surface area contributed by atoms with Crippen molar-refractivity contribution >= 4 is 56.1 Å². The van der Waals surface area contributed by atoms with Crippen LogP contribution in [0.15, 0.2) is 83.6 Å². The number of aromatic nitrogens is 3. The third kappa shape index (κ3) is 5.64. The van der Waals surface area contributed by atoms with Gasteiger partial charge in [-0.2, -0.15) is 0 Å². The maximum atomic E-state index is 12.8. The highest BCUT2D eigenvalue weighted by Crippen LogP contribution is 2.30. The van der Waals surface area contributed by atoms with E-state index in [-0.39, 0.29) is 5.69 Å². The van der Waals surface area contributed by atoms with Crippen LogP contribution in [0.5, 0.6) is 0 Å². The van der Waals surface area contributed by atoms with Gasteiger partial charge in [-0.05, 0) is 59.3 Å². The van der Waals surface area contributed by atoms with Gasteiger partial charge in [0.15, 0.2) is 5.65 Å². The molecular formula is C27H21ClN4O3S2. The number of hydrogen-bond donors (Lipinski definition) is 1. The maximum Gasteiger partial charge on any atom is 0.283 e. The Balaban J connectivity index is 1.39. The number of amides is 1. The Morgan fingerprint density at radius 3 is 2.59 bits per heavy atom. The number of halogens is 1. The lowest BCUT2D eigenvalue weighted by molar-refractivity contribution is 0.0977. The first-order valence-corrected chi connectivity index (χ1v) is 14.1. The number of pyridine rings is 1. The molecule has 5 aromatic rings. The zero-order valence-electron chi connectivity index (χ0n) is 19.6. The van der Waals surface area contributed by atoms with Crippen LogP contribution >= 0.6 is 22.9 Å². The highest BCUT2D eigenvalue weighted by molar-refractivity contribution is 7.93. The maximum absolute atomic E-state index is 12.8. The predicted octanol–water partition coefficient (Wildman–Crippen LogP) is 5.90. The molecule has 0 atom stereocenters. The minimum Gasteiger partial charge on any atom is -0.308 e. The Kier molecular flexibility index (Phi) is 6.92. The Labute approximate surface area is 223 Å². The molecule has 0 aliphatic heterocycles. The van der Waals surface area contributed by atoms with Crippen LogP contribution in [0.4, 0.5) is 0 Å². The molecule has 7 nitrogen and oxygen atoms in total. The highest BCUT2D eigenvalue weighted by atomic mass is 35.5. The van der Waals surface area contributed by atoms with Crippen molar-refractivity contribution in [1.29, 1.82) is 0 Å². The fourth-order valence-electron chi connectivity index (χ4n) is 3.82. The molecule has 0 unspecified atom stereocenters. The van der Waals surface area contributed by atoms with Crippen molar-refractivity contribution < 1.29 is 13.2 Å². The van der Waals surface area contributed by atoms with Crippen molar-refractivity contribution in [3.63, 3.8) is 0 Å². The summed E-state index contributed by atoms with van der Waals surface area (Å²) in [5.74, 6) is -0.139. The SMILES string of the molecule is Cc1nc2ccc(C(=O)NS(=O)(=O)C=Cc3ccccc3)nc2n1Cc1ccc(-c2cccs2)cc1Cl. The first kappa shape index (κ1) is 24.9. The molecule has 2 aromatic carbocycles. The van der Waals surface area contributed by atoms with Gasteiger partial charge in [0.25, 0.3) is 15.9 Å². The van der Waals surface area contributed by atoms with Crippen LogP contribution in [0, 0.1) is 6.92 Å². The number of aryl methyl sites for hydroxylation is 1. The Morgan fingerprint density at radius 2 is 1.86 bits per heavy atom. The van der Waals surface area contributed by atoms with E-state index in [9.17, 15) is 13.2 Å². The third-order valence-electron chi connectivity index (χ3n) is 5.68. The largest absolute Gasteiger partial charge is 0.308 e. The third-order valence-corrected chi connectivity index (χ3v) is 7.91. The molecular weight excluding hydrogens is 528 g/mol. The molecule has 0 saturated heterocycles. The molecule has 5 rings (SSSR count). The lowest BCUT2D eigenvalue weighted by Crippen LogP contribution is -2.29. The molecule has 0 aliphatic rings. The van der Waals surface area contributed by atoms with Crippen LogP contribution in [-0.2, 0) is 16.6 Å². The standard InChI is InChI=1S/C27H21ClN4O3S2/c1-18-29-23-11-12-24(27(33)31-37(34,35)15-13-19-6-3-2-4-7-19)30-26(23)32(18)17-21-10-9-20(16-22(21)28)25-8-5-14-36-25/h2-16H,17H2,1H3,(H,31,33). The van der Waals surface area contributed by atoms with Crippen molar-refractivity contribution in [3.8, 4) is 10.4 Å². The van der Waals surface area contributed by atoms with Crippen molar-refractivity contribution in [2.24, 2.45) is 0 Å². The van der Waals surface area contributed by atoms with Crippen LogP contribution < -0.4 is 4.72 Å². The second-order valence-electron chi connectivity index (χ2n) is 8.26. The van der Waals surface area contributed by atoms with Gasteiger partial charge >= 0.3 is 0 Å². The Hall–Kier alpha value is -3.79. The lowest BCUT2D eigenvalue weighted by atomic mass is 10.1. The van der Waals surface area contributed by atoms with Crippen LogP contribution in [0.25, 0.3) is 27.7 Å². The van der Waals surface area contributed by atoms with E-state index in [2.05, 4.69) is 9.97 Å². The first-order valence-electron chi connectivity index (χ1n) is 11.3. The van der Waals surface area contributed by atoms with Gasteiger partial charge in [0.05, 0.1) is 12.0 Å². The number of hydrogen-bond acceptors (Lipinski definition) is 6. The predicted molar refractivity (Wildman–Crippen MR) is 148 cm³/mol. The number of carbonyl (C=O) groups excluding carboxylic acids is 1. The van der Waals surface area contributed by atoms with Gasteiger partial charge in [-0.1, -0.05) is 60.1 Å². The molecule has 1 N–H and O–H groups in total. The second-order valence-corrected chi connectivity index (χ2v) is 11.2. The van der Waals surface area contributed by atoms with Crippen molar-refractivity contribution in [2.45, 2.75) is 13.5 Å². The monoisotopic (exact) mass is 548 g/mol. The molecule has 3 aromatic heterocycles. The zero-order chi connectivity index (χ0) is 26.0. The summed E-state index contributed by atoms with van der Waals surface area (Å²) in [4.78, 5) is 22.9. The highest BCUT2D eigenvalue weighted by Gasteiger charge is 2.18. The van der Waals surface area contributed by atoms with Crippen molar-refractivity contribution in [1.82, 2.24) is 19.3 Å².